The van der Waals surface area contributed by atoms with E-state index in [4.69, 9.17) is 0 Å². The van der Waals surface area contributed by atoms with Gasteiger partial charge in [0, 0.05) is 30.2 Å². The predicted molar refractivity (Wildman–Crippen MR) is 137 cm³/mol. The number of Topliss-reactive ketones (excluding diaryl/α,β-unsaturated/α-hetero) is 1. The van der Waals surface area contributed by atoms with Gasteiger partial charge in [-0.2, -0.15) is 0 Å². The van der Waals surface area contributed by atoms with E-state index in [0.717, 1.165) is 49.1 Å². The van der Waals surface area contributed by atoms with Crippen LogP contribution in [0.1, 0.15) is 68.9 Å². The molecular formula is C29H38F2N2O. The summed E-state index contributed by atoms with van der Waals surface area (Å²) in [5.41, 5.74) is 2.46. The van der Waals surface area contributed by atoms with Crippen molar-refractivity contribution in [2.24, 2.45) is 5.92 Å². The Morgan fingerprint density at radius 1 is 1.06 bits per heavy atom. The summed E-state index contributed by atoms with van der Waals surface area (Å²) in [6.07, 6.45) is 4.75. The molecule has 0 aliphatic carbocycles. The Morgan fingerprint density at radius 3 is 2.29 bits per heavy atom. The molecule has 4 rings (SSSR count). The van der Waals surface area contributed by atoms with Crippen LogP contribution in [0.2, 0.25) is 0 Å². The van der Waals surface area contributed by atoms with Gasteiger partial charge in [-0.3, -0.25) is 4.79 Å². The molecule has 1 aliphatic heterocycles. The van der Waals surface area contributed by atoms with Gasteiger partial charge in [0.05, 0.1) is 5.52 Å². The number of carbonyl (C=O) groups is 1. The summed E-state index contributed by atoms with van der Waals surface area (Å²) in [6.45, 7) is 12.0. The summed E-state index contributed by atoms with van der Waals surface area (Å²) in [7, 11) is 0. The number of hydrogen-bond donors (Lipinski definition) is 0. The van der Waals surface area contributed by atoms with Gasteiger partial charge in [0.15, 0.2) is 5.78 Å². The average Bonchev–Trinajstić information content (AvgIpc) is 3.14. The Bertz CT molecular complexity index is 1090. The molecule has 1 aromatic heterocycles. The summed E-state index contributed by atoms with van der Waals surface area (Å²) >= 11 is 0. The van der Waals surface area contributed by atoms with Crippen molar-refractivity contribution < 1.29 is 13.6 Å². The molecule has 1 saturated heterocycles. The number of ketones is 1. The molecule has 0 atom stereocenters. The largest absolute Gasteiger partial charge is 0.347 e. The summed E-state index contributed by atoms with van der Waals surface area (Å²) < 4.78 is 31.0. The number of nitrogens with zero attached hydrogens (tertiary/aromatic N) is 2. The van der Waals surface area contributed by atoms with Gasteiger partial charge in [0.2, 0.25) is 0 Å². The first-order chi connectivity index (χ1) is 16.2. The second kappa shape index (κ2) is 11.3. The Kier molecular flexibility index (Phi) is 8.64. The molecule has 0 saturated carbocycles. The summed E-state index contributed by atoms with van der Waals surface area (Å²) in [6, 6.07) is 12.8. The number of piperidine rings is 1. The fraction of sp³-hybridized carbons (Fsp3) is 0.483. The van der Waals surface area contributed by atoms with Gasteiger partial charge in [0.25, 0.3) is 0 Å². The molecule has 1 fully saturated rings. The number of aromatic nitrogens is 1. The Labute approximate surface area is 202 Å². The standard InChI is InChI=1S/C27H32F2N2O.C2H6/c1-19(32)22-9-7-20(8-10-22)15-23-17-31(25-6-4-5-24(28)26(23)25)16-21-11-13-30(14-12-21)18-27(2,3)29;1-2/h4-10,17,21H,11-16,18H2,1-3H3;1-2H3. The van der Waals surface area contributed by atoms with Crippen LogP contribution in [-0.4, -0.2) is 40.6 Å². The van der Waals surface area contributed by atoms with Crippen LogP contribution >= 0.6 is 0 Å². The number of benzene rings is 2. The maximum absolute atomic E-state index is 14.8. The molecule has 0 spiro atoms. The highest BCUT2D eigenvalue weighted by Gasteiger charge is 2.26. The van der Waals surface area contributed by atoms with E-state index in [1.54, 1.807) is 26.8 Å². The molecule has 34 heavy (non-hydrogen) atoms. The molecule has 0 radical (unpaired) electrons. The van der Waals surface area contributed by atoms with Crippen LogP contribution in [0.5, 0.6) is 0 Å². The third-order valence-electron chi connectivity index (χ3n) is 6.45. The smallest absolute Gasteiger partial charge is 0.159 e. The monoisotopic (exact) mass is 468 g/mol. The molecule has 0 bridgehead atoms. The normalized spacial score (nSPS) is 15.3. The van der Waals surface area contributed by atoms with Crippen LogP contribution in [0.3, 0.4) is 0 Å². The highest BCUT2D eigenvalue weighted by molar-refractivity contribution is 5.94. The van der Waals surface area contributed by atoms with Crippen molar-refractivity contribution in [3.8, 4) is 0 Å². The van der Waals surface area contributed by atoms with E-state index in [1.165, 1.54) is 6.07 Å². The number of carbonyl (C=O) groups excluding carboxylic acids is 1. The molecule has 3 nitrogen and oxygen atoms in total. The quantitative estimate of drug-likeness (QED) is 0.347. The molecular weight excluding hydrogens is 430 g/mol. The van der Waals surface area contributed by atoms with Crippen LogP contribution in [0.15, 0.2) is 48.7 Å². The van der Waals surface area contributed by atoms with Crippen LogP contribution in [0.4, 0.5) is 8.78 Å². The number of rotatable bonds is 7. The summed E-state index contributed by atoms with van der Waals surface area (Å²) in [4.78, 5) is 13.7. The van der Waals surface area contributed by atoms with Gasteiger partial charge < -0.3 is 9.47 Å². The number of fused-ring (bicyclic) bond motifs is 1. The zero-order valence-electron chi connectivity index (χ0n) is 21.2. The topological polar surface area (TPSA) is 25.2 Å². The molecule has 5 heteroatoms. The van der Waals surface area contributed by atoms with Crippen LogP contribution in [-0.2, 0) is 13.0 Å². The minimum Gasteiger partial charge on any atom is -0.347 e. The first-order valence-electron chi connectivity index (χ1n) is 12.5. The Morgan fingerprint density at radius 2 is 1.71 bits per heavy atom. The van der Waals surface area contributed by atoms with Crippen LogP contribution < -0.4 is 0 Å². The van der Waals surface area contributed by atoms with E-state index in [1.807, 2.05) is 44.2 Å². The van der Waals surface area contributed by atoms with Crippen molar-refractivity contribution in [3.63, 3.8) is 0 Å². The zero-order valence-corrected chi connectivity index (χ0v) is 21.2. The maximum atomic E-state index is 14.8. The Hall–Kier alpha value is -2.53. The summed E-state index contributed by atoms with van der Waals surface area (Å²) in [5, 5.41) is 0.680. The Balaban J connectivity index is 0.00000158. The van der Waals surface area contributed by atoms with E-state index < -0.39 is 5.67 Å². The minimum atomic E-state index is -1.17. The van der Waals surface area contributed by atoms with Gasteiger partial charge in [-0.15, -0.1) is 0 Å². The molecule has 3 aromatic rings. The molecule has 2 heterocycles. The van der Waals surface area contributed by atoms with Crippen LogP contribution in [0, 0.1) is 11.7 Å². The van der Waals surface area contributed by atoms with Gasteiger partial charge in [-0.25, -0.2) is 8.78 Å². The van der Waals surface area contributed by atoms with Gasteiger partial charge in [-0.05, 0) is 82.3 Å². The van der Waals surface area contributed by atoms with Crippen molar-refractivity contribution in [3.05, 3.63) is 71.2 Å². The molecule has 0 amide bonds. The number of halogens is 2. The second-order valence-corrected chi connectivity index (χ2v) is 9.81. The van der Waals surface area contributed by atoms with Crippen LogP contribution in [0.25, 0.3) is 10.9 Å². The molecule has 0 N–H and O–H groups in total. The predicted octanol–water partition coefficient (Wildman–Crippen LogP) is 7.06. The van der Waals surface area contributed by atoms with Crippen molar-refractivity contribution in [2.75, 3.05) is 19.6 Å². The molecule has 1 aliphatic rings. The third kappa shape index (κ3) is 6.53. The lowest BCUT2D eigenvalue weighted by molar-refractivity contribution is 0.0928. The number of alkyl halides is 1. The molecule has 184 valence electrons. The number of hydrogen-bond acceptors (Lipinski definition) is 2. The third-order valence-corrected chi connectivity index (χ3v) is 6.45. The maximum Gasteiger partial charge on any atom is 0.159 e. The first-order valence-corrected chi connectivity index (χ1v) is 12.5. The lowest BCUT2D eigenvalue weighted by Gasteiger charge is -2.34. The average molecular weight is 469 g/mol. The zero-order chi connectivity index (χ0) is 24.9. The van der Waals surface area contributed by atoms with E-state index in [2.05, 4.69) is 15.7 Å². The lowest BCUT2D eigenvalue weighted by atomic mass is 9.95. The van der Waals surface area contributed by atoms with Crippen molar-refractivity contribution >= 4 is 16.7 Å². The van der Waals surface area contributed by atoms with E-state index in [0.29, 0.717) is 29.8 Å². The molecule has 0 unspecified atom stereocenters. The van der Waals surface area contributed by atoms with Crippen molar-refractivity contribution in [1.82, 2.24) is 9.47 Å². The molecule has 2 aromatic carbocycles. The lowest BCUT2D eigenvalue weighted by Crippen LogP contribution is -2.41. The van der Waals surface area contributed by atoms with Gasteiger partial charge in [-0.1, -0.05) is 44.2 Å². The van der Waals surface area contributed by atoms with Gasteiger partial charge in [0.1, 0.15) is 11.5 Å². The fourth-order valence-corrected chi connectivity index (χ4v) is 4.89. The minimum absolute atomic E-state index is 0.0420. The highest BCUT2D eigenvalue weighted by Crippen LogP contribution is 2.29. The van der Waals surface area contributed by atoms with Crippen molar-refractivity contribution in [1.29, 1.82) is 0 Å². The second-order valence-electron chi connectivity index (χ2n) is 9.81. The van der Waals surface area contributed by atoms with E-state index in [-0.39, 0.29) is 11.6 Å². The number of likely N-dealkylation sites (tertiary alicyclic amines) is 1. The summed E-state index contributed by atoms with van der Waals surface area (Å²) in [5.74, 6) is 0.340. The van der Waals surface area contributed by atoms with E-state index >= 15 is 0 Å². The van der Waals surface area contributed by atoms with Crippen molar-refractivity contribution in [2.45, 2.75) is 66.1 Å². The van der Waals surface area contributed by atoms with Gasteiger partial charge >= 0.3 is 0 Å². The SMILES string of the molecule is CC.CC(=O)c1ccc(Cc2cn(CC3CCN(CC(C)(C)F)CC3)c3cccc(F)c23)cc1. The first kappa shape index (κ1) is 26.1. The highest BCUT2D eigenvalue weighted by atomic mass is 19.1. The fourth-order valence-electron chi connectivity index (χ4n) is 4.89. The van der Waals surface area contributed by atoms with E-state index in [9.17, 15) is 13.6 Å².